The van der Waals surface area contributed by atoms with Gasteiger partial charge >= 0.3 is 5.97 Å². The van der Waals surface area contributed by atoms with Gasteiger partial charge in [-0.05, 0) is 13.0 Å². The highest BCUT2D eigenvalue weighted by Gasteiger charge is 2.35. The molecule has 0 atom stereocenters. The smallest absolute Gasteiger partial charge is 0.344 e. The summed E-state index contributed by atoms with van der Waals surface area (Å²) in [7, 11) is 5.97. The van der Waals surface area contributed by atoms with E-state index in [1.807, 2.05) is 6.92 Å². The molecule has 0 aromatic heterocycles. The van der Waals surface area contributed by atoms with E-state index >= 15 is 0 Å². The lowest BCUT2D eigenvalue weighted by Gasteiger charge is -2.29. The predicted octanol–water partition coefficient (Wildman–Crippen LogP) is 1.13. The van der Waals surface area contributed by atoms with E-state index in [2.05, 4.69) is 0 Å². The lowest BCUT2D eigenvalue weighted by atomic mass is 10.4. The third kappa shape index (κ3) is 1.97. The number of hydrogen-bond donors (Lipinski definition) is 0. The molecule has 0 aliphatic heterocycles. The van der Waals surface area contributed by atoms with E-state index in [0.29, 0.717) is 5.76 Å². The van der Waals surface area contributed by atoms with Crippen LogP contribution in [0.5, 0.6) is 0 Å². The highest BCUT2D eigenvalue weighted by molar-refractivity contribution is 4.99. The summed E-state index contributed by atoms with van der Waals surface area (Å²) in [5, 5.41) is 0. The molecule has 0 aromatic rings. The van der Waals surface area contributed by atoms with Gasteiger partial charge in [0.05, 0.1) is 7.11 Å². The Labute approximate surface area is 73.1 Å². The normalized spacial score (nSPS) is 13.2. The Bertz CT molecular complexity index is 141. The molecule has 0 saturated carbocycles. The molecule has 0 heterocycles. The van der Waals surface area contributed by atoms with Gasteiger partial charge in [-0.1, -0.05) is 0 Å². The van der Waals surface area contributed by atoms with Crippen LogP contribution in [0, 0.1) is 0 Å². The van der Waals surface area contributed by atoms with Crippen LogP contribution >= 0.6 is 0 Å². The van der Waals surface area contributed by atoms with Crippen LogP contribution in [0.3, 0.4) is 0 Å². The topological polar surface area (TPSA) is 36.9 Å². The zero-order valence-electron chi connectivity index (χ0n) is 8.21. The molecule has 0 aliphatic rings. The van der Waals surface area contributed by atoms with Gasteiger partial charge in [-0.2, -0.15) is 0 Å². The van der Waals surface area contributed by atoms with Crippen molar-refractivity contribution in [2.24, 2.45) is 0 Å². The summed E-state index contributed by atoms with van der Waals surface area (Å²) in [6.07, 6.45) is 1.72. The number of allylic oxidation sites excluding steroid dienone is 1. The summed E-state index contributed by atoms with van der Waals surface area (Å²) in [4.78, 5) is 0. The van der Waals surface area contributed by atoms with Crippen molar-refractivity contribution in [3.8, 4) is 0 Å². The second kappa shape index (κ2) is 5.13. The Kier molecular flexibility index (Phi) is 4.89. The molecule has 4 nitrogen and oxygen atoms in total. The molecule has 0 saturated heterocycles. The molecule has 0 aliphatic carbocycles. The fourth-order valence-corrected chi connectivity index (χ4v) is 0.971. The van der Waals surface area contributed by atoms with Crippen molar-refractivity contribution in [1.29, 1.82) is 0 Å². The summed E-state index contributed by atoms with van der Waals surface area (Å²) < 4.78 is 20.2. The minimum atomic E-state index is -1.22. The number of ether oxygens (including phenoxy) is 4. The molecule has 72 valence electrons. The summed E-state index contributed by atoms with van der Waals surface area (Å²) >= 11 is 0. The van der Waals surface area contributed by atoms with E-state index < -0.39 is 5.97 Å². The molecular weight excluding hydrogens is 160 g/mol. The lowest BCUT2D eigenvalue weighted by molar-refractivity contribution is -0.341. The molecule has 0 bridgehead atoms. The Balaban J connectivity index is 4.68. The van der Waals surface area contributed by atoms with Gasteiger partial charge in [-0.25, -0.2) is 0 Å². The zero-order chi connectivity index (χ0) is 9.61. The van der Waals surface area contributed by atoms with Gasteiger partial charge in [-0.15, -0.1) is 0 Å². The Morgan fingerprint density at radius 1 is 1.00 bits per heavy atom. The van der Waals surface area contributed by atoms with E-state index in [-0.39, 0.29) is 0 Å². The van der Waals surface area contributed by atoms with Crippen LogP contribution in [0.4, 0.5) is 0 Å². The highest BCUT2D eigenvalue weighted by Crippen LogP contribution is 2.22. The average Bonchev–Trinajstić information content (AvgIpc) is 2.14. The first-order chi connectivity index (χ1) is 5.70. The van der Waals surface area contributed by atoms with E-state index in [0.717, 1.165) is 0 Å². The number of methoxy groups -OCH3 is 4. The molecule has 0 aromatic carbocycles. The van der Waals surface area contributed by atoms with Gasteiger partial charge in [0.25, 0.3) is 0 Å². The maximum Gasteiger partial charge on any atom is 0.344 e. The maximum atomic E-state index is 5.04. The SMILES string of the molecule is C/C=C(\OC)C(OC)(OC)OC. The second-order valence-corrected chi connectivity index (χ2v) is 2.03. The largest absolute Gasteiger partial charge is 0.493 e. The Morgan fingerprint density at radius 3 is 1.50 bits per heavy atom. The quantitative estimate of drug-likeness (QED) is 0.465. The van der Waals surface area contributed by atoms with Crippen molar-refractivity contribution in [2.45, 2.75) is 12.9 Å². The summed E-state index contributed by atoms with van der Waals surface area (Å²) in [6, 6.07) is 0. The van der Waals surface area contributed by atoms with Crippen molar-refractivity contribution < 1.29 is 18.9 Å². The third-order valence-corrected chi connectivity index (χ3v) is 1.59. The van der Waals surface area contributed by atoms with E-state index in [4.69, 9.17) is 18.9 Å². The van der Waals surface area contributed by atoms with Gasteiger partial charge < -0.3 is 18.9 Å². The van der Waals surface area contributed by atoms with Gasteiger partial charge in [0.15, 0.2) is 5.76 Å². The molecule has 0 N–H and O–H groups in total. The molecule has 0 amide bonds. The molecular formula is C8H16O4. The summed E-state index contributed by atoms with van der Waals surface area (Å²) in [5.74, 6) is -0.737. The molecule has 0 radical (unpaired) electrons. The van der Waals surface area contributed by atoms with Crippen molar-refractivity contribution in [1.82, 2.24) is 0 Å². The first-order valence-corrected chi connectivity index (χ1v) is 3.57. The fraction of sp³-hybridized carbons (Fsp3) is 0.750. The van der Waals surface area contributed by atoms with Crippen LogP contribution in [0.2, 0.25) is 0 Å². The molecule has 0 fully saturated rings. The van der Waals surface area contributed by atoms with Gasteiger partial charge in [0, 0.05) is 21.3 Å². The van der Waals surface area contributed by atoms with E-state index in [9.17, 15) is 0 Å². The summed E-state index contributed by atoms with van der Waals surface area (Å²) in [5.41, 5.74) is 0. The van der Waals surface area contributed by atoms with Gasteiger partial charge in [-0.3, -0.25) is 0 Å². The number of rotatable bonds is 5. The first kappa shape index (κ1) is 11.4. The lowest BCUT2D eigenvalue weighted by Crippen LogP contribution is -2.38. The predicted molar refractivity (Wildman–Crippen MR) is 44.5 cm³/mol. The number of hydrogen-bond acceptors (Lipinski definition) is 4. The molecule has 0 unspecified atom stereocenters. The second-order valence-electron chi connectivity index (χ2n) is 2.03. The van der Waals surface area contributed by atoms with E-state index in [1.165, 1.54) is 28.4 Å². The minimum absolute atomic E-state index is 0.481. The fourth-order valence-electron chi connectivity index (χ4n) is 0.971. The molecule has 4 heteroatoms. The third-order valence-electron chi connectivity index (χ3n) is 1.59. The van der Waals surface area contributed by atoms with Gasteiger partial charge in [0.1, 0.15) is 0 Å². The highest BCUT2D eigenvalue weighted by atomic mass is 16.9. The monoisotopic (exact) mass is 176 g/mol. The van der Waals surface area contributed by atoms with Crippen LogP contribution in [0.25, 0.3) is 0 Å². The maximum absolute atomic E-state index is 5.04. The first-order valence-electron chi connectivity index (χ1n) is 3.57. The van der Waals surface area contributed by atoms with Crippen molar-refractivity contribution in [3.63, 3.8) is 0 Å². The zero-order valence-corrected chi connectivity index (χ0v) is 8.21. The Hall–Kier alpha value is -0.580. The molecule has 12 heavy (non-hydrogen) atoms. The van der Waals surface area contributed by atoms with Crippen molar-refractivity contribution in [2.75, 3.05) is 28.4 Å². The van der Waals surface area contributed by atoms with E-state index in [1.54, 1.807) is 6.08 Å². The van der Waals surface area contributed by atoms with Crippen LogP contribution in [-0.4, -0.2) is 34.4 Å². The summed E-state index contributed by atoms with van der Waals surface area (Å²) in [6.45, 7) is 1.81. The minimum Gasteiger partial charge on any atom is -0.493 e. The molecule has 0 spiro atoms. The standard InChI is InChI=1S/C8H16O4/c1-6-7(9-2)8(10-3,11-4)12-5/h6H,1-5H3/b7-6-. The van der Waals surface area contributed by atoms with Crippen LogP contribution in [0.1, 0.15) is 6.92 Å². The van der Waals surface area contributed by atoms with Crippen LogP contribution in [0.15, 0.2) is 11.8 Å². The van der Waals surface area contributed by atoms with Gasteiger partial charge in [0.2, 0.25) is 0 Å². The van der Waals surface area contributed by atoms with Crippen LogP contribution in [-0.2, 0) is 18.9 Å². The van der Waals surface area contributed by atoms with Crippen molar-refractivity contribution >= 4 is 0 Å². The van der Waals surface area contributed by atoms with Crippen molar-refractivity contribution in [3.05, 3.63) is 11.8 Å². The van der Waals surface area contributed by atoms with Crippen LogP contribution < -0.4 is 0 Å². The Morgan fingerprint density at radius 2 is 1.42 bits per heavy atom. The average molecular weight is 176 g/mol. The molecule has 0 rings (SSSR count).